The molecule has 3 rings (SSSR count). The minimum Gasteiger partial charge on any atom is -0.341 e. The van der Waals surface area contributed by atoms with Gasteiger partial charge in [-0.2, -0.15) is 0 Å². The number of nitrogens with zero attached hydrogens (tertiary/aromatic N) is 3. The van der Waals surface area contributed by atoms with Crippen molar-refractivity contribution in [1.82, 2.24) is 20.0 Å². The molecule has 2 aliphatic heterocycles. The Morgan fingerprint density at radius 1 is 1.03 bits per heavy atom. The molecule has 184 valence electrons. The third-order valence-electron chi connectivity index (χ3n) is 8.27. The lowest BCUT2D eigenvalue weighted by molar-refractivity contribution is -0.151. The first-order chi connectivity index (χ1) is 15.1. The van der Waals surface area contributed by atoms with E-state index in [9.17, 15) is 9.59 Å². The summed E-state index contributed by atoms with van der Waals surface area (Å²) in [6.07, 6.45) is 8.98. The van der Waals surface area contributed by atoms with Crippen molar-refractivity contribution in [1.29, 1.82) is 0 Å². The second-order valence-corrected chi connectivity index (χ2v) is 11.8. The molecule has 1 saturated carbocycles. The van der Waals surface area contributed by atoms with Crippen LogP contribution in [0.5, 0.6) is 0 Å². The van der Waals surface area contributed by atoms with Gasteiger partial charge < -0.3 is 20.0 Å². The van der Waals surface area contributed by atoms with Crippen LogP contribution in [0.25, 0.3) is 0 Å². The van der Waals surface area contributed by atoms with E-state index in [1.807, 2.05) is 4.90 Å². The van der Waals surface area contributed by atoms with Gasteiger partial charge in [0.15, 0.2) is 0 Å². The molecule has 2 atom stereocenters. The Morgan fingerprint density at radius 2 is 1.66 bits per heavy atom. The number of likely N-dealkylation sites (tertiary alicyclic amines) is 1. The number of carbonyl (C=O) groups is 2. The molecule has 0 aromatic rings. The molecule has 1 N–H and O–H groups in total. The van der Waals surface area contributed by atoms with Gasteiger partial charge in [0.2, 0.25) is 11.8 Å². The minimum absolute atomic E-state index is 0.124. The highest BCUT2D eigenvalue weighted by Gasteiger charge is 2.43. The molecule has 6 heteroatoms. The van der Waals surface area contributed by atoms with Gasteiger partial charge in [-0.05, 0) is 82.7 Å². The molecule has 0 radical (unpaired) electrons. The largest absolute Gasteiger partial charge is 0.341 e. The topological polar surface area (TPSA) is 55.9 Å². The van der Waals surface area contributed by atoms with Gasteiger partial charge in [0.05, 0.1) is 6.04 Å². The highest BCUT2D eigenvalue weighted by atomic mass is 16.2. The van der Waals surface area contributed by atoms with Crippen molar-refractivity contribution in [2.24, 2.45) is 17.3 Å². The molecule has 3 aliphatic rings. The summed E-state index contributed by atoms with van der Waals surface area (Å²) in [5.41, 5.74) is 0.435. The maximum atomic E-state index is 13.7. The number of amides is 2. The number of hydrogen-bond acceptors (Lipinski definition) is 4. The zero-order valence-electron chi connectivity index (χ0n) is 21.5. The Morgan fingerprint density at radius 3 is 2.19 bits per heavy atom. The van der Waals surface area contributed by atoms with Crippen molar-refractivity contribution in [2.75, 3.05) is 40.3 Å². The fourth-order valence-corrected chi connectivity index (χ4v) is 6.17. The van der Waals surface area contributed by atoms with Crippen molar-refractivity contribution in [2.45, 2.75) is 97.2 Å². The number of rotatable bonds is 7. The summed E-state index contributed by atoms with van der Waals surface area (Å²) in [5.74, 6) is 1.15. The fraction of sp³-hybridized carbons (Fsp3) is 0.923. The summed E-state index contributed by atoms with van der Waals surface area (Å²) in [4.78, 5) is 33.4. The van der Waals surface area contributed by atoms with Gasteiger partial charge in [0.25, 0.3) is 0 Å². The van der Waals surface area contributed by atoms with E-state index < -0.39 is 0 Å². The average Bonchev–Trinajstić information content (AvgIpc) is 2.74. The van der Waals surface area contributed by atoms with Gasteiger partial charge in [0, 0.05) is 32.2 Å². The molecule has 2 heterocycles. The average molecular weight is 449 g/mol. The molecular weight excluding hydrogens is 400 g/mol. The second-order valence-electron chi connectivity index (χ2n) is 11.8. The fourth-order valence-electron chi connectivity index (χ4n) is 6.17. The van der Waals surface area contributed by atoms with Gasteiger partial charge in [-0.15, -0.1) is 0 Å². The number of piperidine rings is 1. The highest BCUT2D eigenvalue weighted by molar-refractivity contribution is 5.90. The first-order valence-electron chi connectivity index (χ1n) is 13.1. The number of nitrogens with one attached hydrogen (secondary N) is 1. The zero-order chi connectivity index (χ0) is 23.5. The van der Waals surface area contributed by atoms with Gasteiger partial charge in [-0.3, -0.25) is 9.59 Å². The molecule has 1 aliphatic carbocycles. The maximum Gasteiger partial charge on any atom is 0.245 e. The third-order valence-corrected chi connectivity index (χ3v) is 8.27. The highest BCUT2D eigenvalue weighted by Crippen LogP contribution is 2.45. The number of piperazine rings is 1. The van der Waals surface area contributed by atoms with E-state index in [2.05, 4.69) is 56.9 Å². The predicted octanol–water partition coefficient (Wildman–Crippen LogP) is 3.36. The Kier molecular flexibility index (Phi) is 8.65. The van der Waals surface area contributed by atoms with Crippen LogP contribution in [0, 0.1) is 17.3 Å². The SMILES string of the molecule is CC(C)C[C@@H]1NCCN([C@@H](CC(C)C)C(=O)N2CCC3(CCC(N(C)C)CC3)CC2)C1=O. The zero-order valence-corrected chi connectivity index (χ0v) is 21.5. The van der Waals surface area contributed by atoms with Crippen LogP contribution < -0.4 is 5.32 Å². The molecule has 1 spiro atoms. The molecule has 3 fully saturated rings. The monoisotopic (exact) mass is 448 g/mol. The molecule has 6 nitrogen and oxygen atoms in total. The normalized spacial score (nSPS) is 25.9. The molecule has 2 amide bonds. The Labute approximate surface area is 196 Å². The van der Waals surface area contributed by atoms with Crippen LogP contribution >= 0.6 is 0 Å². The van der Waals surface area contributed by atoms with E-state index in [1.54, 1.807) is 0 Å². The molecule has 0 unspecified atom stereocenters. The third kappa shape index (κ3) is 6.05. The second kappa shape index (κ2) is 10.9. The Hall–Kier alpha value is -1.14. The van der Waals surface area contributed by atoms with Crippen LogP contribution in [0.1, 0.15) is 79.1 Å². The molecule has 32 heavy (non-hydrogen) atoms. The number of hydrogen-bond donors (Lipinski definition) is 1. The van der Waals surface area contributed by atoms with E-state index in [1.165, 1.54) is 25.7 Å². The van der Waals surface area contributed by atoms with Crippen molar-refractivity contribution >= 4 is 11.8 Å². The first-order valence-corrected chi connectivity index (χ1v) is 13.1. The van der Waals surface area contributed by atoms with Crippen LogP contribution in [0.2, 0.25) is 0 Å². The summed E-state index contributed by atoms with van der Waals surface area (Å²) in [6.45, 7) is 11.8. The molecule has 0 bridgehead atoms. The van der Waals surface area contributed by atoms with Crippen molar-refractivity contribution < 1.29 is 9.59 Å². The van der Waals surface area contributed by atoms with Crippen molar-refractivity contribution in [3.63, 3.8) is 0 Å². The van der Waals surface area contributed by atoms with E-state index in [4.69, 9.17) is 0 Å². The van der Waals surface area contributed by atoms with Crippen molar-refractivity contribution in [3.05, 3.63) is 0 Å². The van der Waals surface area contributed by atoms with Crippen LogP contribution in [0.3, 0.4) is 0 Å². The standard InChI is InChI=1S/C26H48N4O2/c1-19(2)17-22-24(31)30(16-13-27-22)23(18-20(3)4)25(32)29-14-11-26(12-15-29)9-7-21(8-10-26)28(5)6/h19-23,27H,7-18H2,1-6H3/t22-,23-/m0/s1. The Bertz CT molecular complexity index is 630. The summed E-state index contributed by atoms with van der Waals surface area (Å²) in [6, 6.07) is 0.258. The smallest absolute Gasteiger partial charge is 0.245 e. The van der Waals surface area contributed by atoms with E-state index >= 15 is 0 Å². The minimum atomic E-state index is -0.308. The summed E-state index contributed by atoms with van der Waals surface area (Å²) >= 11 is 0. The molecule has 2 saturated heterocycles. The van der Waals surface area contributed by atoms with Gasteiger partial charge >= 0.3 is 0 Å². The van der Waals surface area contributed by atoms with Crippen LogP contribution in [-0.2, 0) is 9.59 Å². The summed E-state index contributed by atoms with van der Waals surface area (Å²) in [5, 5.41) is 3.39. The van der Waals surface area contributed by atoms with Gasteiger partial charge in [0.1, 0.15) is 6.04 Å². The van der Waals surface area contributed by atoms with Crippen LogP contribution in [0.15, 0.2) is 0 Å². The summed E-state index contributed by atoms with van der Waals surface area (Å²) < 4.78 is 0. The van der Waals surface area contributed by atoms with E-state index in [0.29, 0.717) is 29.8 Å². The van der Waals surface area contributed by atoms with Crippen LogP contribution in [-0.4, -0.2) is 84.9 Å². The molecular formula is C26H48N4O2. The quantitative estimate of drug-likeness (QED) is 0.649. The lowest BCUT2D eigenvalue weighted by Gasteiger charge is -2.48. The lowest BCUT2D eigenvalue weighted by atomic mass is 9.66. The predicted molar refractivity (Wildman–Crippen MR) is 130 cm³/mol. The maximum absolute atomic E-state index is 13.7. The first kappa shape index (κ1) is 25.5. The van der Waals surface area contributed by atoms with E-state index in [0.717, 1.165) is 45.3 Å². The lowest BCUT2D eigenvalue weighted by Crippen LogP contribution is -2.62. The molecule has 0 aromatic heterocycles. The van der Waals surface area contributed by atoms with Crippen molar-refractivity contribution in [3.8, 4) is 0 Å². The van der Waals surface area contributed by atoms with E-state index in [-0.39, 0.29) is 23.9 Å². The van der Waals surface area contributed by atoms with Gasteiger partial charge in [-0.1, -0.05) is 27.7 Å². The summed E-state index contributed by atoms with van der Waals surface area (Å²) in [7, 11) is 4.39. The Balaban J connectivity index is 1.64. The number of carbonyl (C=O) groups excluding carboxylic acids is 2. The molecule has 0 aromatic carbocycles. The van der Waals surface area contributed by atoms with Crippen LogP contribution in [0.4, 0.5) is 0 Å². The van der Waals surface area contributed by atoms with Gasteiger partial charge in [-0.25, -0.2) is 0 Å².